The highest BCUT2D eigenvalue weighted by molar-refractivity contribution is 6.31. The van der Waals surface area contributed by atoms with E-state index in [0.717, 1.165) is 11.5 Å². The Labute approximate surface area is 153 Å². The van der Waals surface area contributed by atoms with E-state index in [1.807, 2.05) is 0 Å². The van der Waals surface area contributed by atoms with Crippen LogP contribution in [0.1, 0.15) is 12.1 Å². The summed E-state index contributed by atoms with van der Waals surface area (Å²) >= 11 is 5.91. The van der Waals surface area contributed by atoms with Crippen LogP contribution in [0.5, 0.6) is 0 Å². The molecule has 2 N–H and O–H groups in total. The molecule has 6 nitrogen and oxygen atoms in total. The Hall–Kier alpha value is -2.48. The van der Waals surface area contributed by atoms with E-state index in [4.69, 9.17) is 11.6 Å². The minimum Gasteiger partial charge on any atom is -0.342 e. The van der Waals surface area contributed by atoms with Gasteiger partial charge in [0.15, 0.2) is 0 Å². The molecule has 1 aliphatic heterocycles. The zero-order valence-electron chi connectivity index (χ0n) is 13.8. The monoisotopic (exact) mass is 382 g/mol. The van der Waals surface area contributed by atoms with E-state index in [0.29, 0.717) is 16.2 Å². The van der Waals surface area contributed by atoms with Gasteiger partial charge in [0.2, 0.25) is 11.8 Å². The van der Waals surface area contributed by atoms with Crippen LogP contribution in [-0.2, 0) is 16.0 Å². The molecule has 0 saturated carbocycles. The van der Waals surface area contributed by atoms with Crippen LogP contribution < -0.4 is 5.32 Å². The molecule has 26 heavy (non-hydrogen) atoms. The number of aromatic amines is 1. The second kappa shape index (κ2) is 7.03. The van der Waals surface area contributed by atoms with Gasteiger partial charge >= 0.3 is 0 Å². The van der Waals surface area contributed by atoms with E-state index in [1.54, 1.807) is 18.2 Å². The van der Waals surface area contributed by atoms with Crippen molar-refractivity contribution in [1.29, 1.82) is 0 Å². The van der Waals surface area contributed by atoms with Crippen molar-refractivity contribution >= 4 is 34.3 Å². The maximum Gasteiger partial charge on any atom is 0.271 e. The molecule has 0 radical (unpaired) electrons. The van der Waals surface area contributed by atoms with E-state index < -0.39 is 24.3 Å². The number of hydrogen-bond acceptors (Lipinski definition) is 3. The van der Waals surface area contributed by atoms with Crippen LogP contribution in [0.2, 0.25) is 5.02 Å². The number of piperidine rings is 1. The lowest BCUT2D eigenvalue weighted by Crippen LogP contribution is -2.59. The summed E-state index contributed by atoms with van der Waals surface area (Å²) in [6, 6.07) is 3.67. The molecule has 1 unspecified atom stereocenters. The number of aromatic nitrogens is 2. The summed E-state index contributed by atoms with van der Waals surface area (Å²) < 4.78 is 28.0. The molecule has 2 heterocycles. The van der Waals surface area contributed by atoms with Gasteiger partial charge in [0.05, 0.1) is 17.6 Å². The first-order valence-corrected chi connectivity index (χ1v) is 8.39. The lowest BCUT2D eigenvalue weighted by Gasteiger charge is -2.38. The maximum absolute atomic E-state index is 14.0. The summed E-state index contributed by atoms with van der Waals surface area (Å²) in [5, 5.41) is 10.4. The maximum atomic E-state index is 14.0. The molecule has 138 valence electrons. The van der Waals surface area contributed by atoms with Gasteiger partial charge in [-0.05, 0) is 24.3 Å². The first-order valence-electron chi connectivity index (χ1n) is 8.01. The van der Waals surface area contributed by atoms with Gasteiger partial charge < -0.3 is 10.2 Å². The molecule has 1 aromatic carbocycles. The van der Waals surface area contributed by atoms with Gasteiger partial charge in [-0.15, -0.1) is 0 Å². The summed E-state index contributed by atoms with van der Waals surface area (Å²) in [6.07, 6.45) is 0.407. The predicted molar refractivity (Wildman–Crippen MR) is 93.1 cm³/mol. The molecule has 3 rings (SSSR count). The zero-order chi connectivity index (χ0) is 18.9. The number of H-pyrrole nitrogens is 1. The highest BCUT2D eigenvalue weighted by Crippen LogP contribution is 2.29. The summed E-state index contributed by atoms with van der Waals surface area (Å²) in [6.45, 7) is 2.92. The molecular formula is C17H17ClF2N4O2. The zero-order valence-corrected chi connectivity index (χ0v) is 14.5. The fourth-order valence-corrected chi connectivity index (χ4v) is 3.12. The number of fused-ring (bicyclic) bond motifs is 1. The van der Waals surface area contributed by atoms with Crippen molar-refractivity contribution in [1.82, 2.24) is 20.4 Å². The Balaban J connectivity index is 1.72. The van der Waals surface area contributed by atoms with Crippen molar-refractivity contribution in [3.8, 4) is 0 Å². The number of nitrogens with zero attached hydrogens (tertiary/aromatic N) is 2. The number of hydrogen-bond donors (Lipinski definition) is 2. The van der Waals surface area contributed by atoms with Gasteiger partial charge in [0.1, 0.15) is 6.04 Å². The van der Waals surface area contributed by atoms with Crippen molar-refractivity contribution in [3.05, 3.63) is 41.6 Å². The normalized spacial score (nSPS) is 19.3. The Bertz CT molecular complexity index is 868. The van der Waals surface area contributed by atoms with E-state index in [-0.39, 0.29) is 25.4 Å². The van der Waals surface area contributed by atoms with E-state index in [9.17, 15) is 18.4 Å². The molecule has 1 aliphatic rings. The quantitative estimate of drug-likeness (QED) is 0.796. The van der Waals surface area contributed by atoms with E-state index >= 15 is 0 Å². The Morgan fingerprint density at radius 1 is 1.50 bits per heavy atom. The molecule has 9 heteroatoms. The number of amides is 2. The van der Waals surface area contributed by atoms with Crippen LogP contribution in [0.15, 0.2) is 30.9 Å². The highest BCUT2D eigenvalue weighted by Gasteiger charge is 2.45. The molecule has 0 bridgehead atoms. The number of likely N-dealkylation sites (tertiary alicyclic amines) is 1. The van der Waals surface area contributed by atoms with Crippen molar-refractivity contribution in [2.45, 2.75) is 24.8 Å². The van der Waals surface area contributed by atoms with Crippen molar-refractivity contribution in [2.75, 3.05) is 13.1 Å². The number of benzene rings is 1. The van der Waals surface area contributed by atoms with Gasteiger partial charge in [-0.1, -0.05) is 18.2 Å². The number of alkyl halides is 2. The topological polar surface area (TPSA) is 78.1 Å². The summed E-state index contributed by atoms with van der Waals surface area (Å²) in [7, 11) is 0. The van der Waals surface area contributed by atoms with Crippen LogP contribution in [0.25, 0.3) is 10.9 Å². The van der Waals surface area contributed by atoms with E-state index in [2.05, 4.69) is 22.1 Å². The van der Waals surface area contributed by atoms with Crippen molar-refractivity contribution in [2.24, 2.45) is 0 Å². The summed E-state index contributed by atoms with van der Waals surface area (Å²) in [4.78, 5) is 25.3. The SMILES string of the molecule is C=CC(=O)NC1CN(C(=O)Cc2[nH]nc3cc(Cl)ccc23)CCC1(F)F. The van der Waals surface area contributed by atoms with Crippen molar-refractivity contribution < 1.29 is 18.4 Å². The van der Waals surface area contributed by atoms with Crippen LogP contribution >= 0.6 is 11.6 Å². The second-order valence-electron chi connectivity index (χ2n) is 6.16. The first-order chi connectivity index (χ1) is 12.3. The standard InChI is InChI=1S/C17H17ClF2N4O2/c1-2-15(25)21-14-9-24(6-5-17(14,19)20)16(26)8-13-11-4-3-10(18)7-12(11)22-23-13/h2-4,7,14H,1,5-6,8-9H2,(H,21,25)(H,22,23). The van der Waals surface area contributed by atoms with Gasteiger partial charge in [0.25, 0.3) is 5.92 Å². The molecule has 1 atom stereocenters. The molecule has 1 saturated heterocycles. The van der Waals surface area contributed by atoms with E-state index in [1.165, 1.54) is 4.90 Å². The van der Waals surface area contributed by atoms with Gasteiger partial charge in [0, 0.05) is 29.9 Å². The average molecular weight is 383 g/mol. The van der Waals surface area contributed by atoms with Gasteiger partial charge in [-0.25, -0.2) is 8.78 Å². The molecular weight excluding hydrogens is 366 g/mol. The van der Waals surface area contributed by atoms with Crippen LogP contribution in [0.3, 0.4) is 0 Å². The number of nitrogens with one attached hydrogen (secondary N) is 2. The minimum atomic E-state index is -3.08. The summed E-state index contributed by atoms with van der Waals surface area (Å²) in [5.74, 6) is -4.09. The third-order valence-electron chi connectivity index (χ3n) is 4.41. The van der Waals surface area contributed by atoms with Gasteiger partial charge in [-0.2, -0.15) is 5.10 Å². The number of halogens is 3. The molecule has 1 aromatic heterocycles. The fourth-order valence-electron chi connectivity index (χ4n) is 2.95. The first kappa shape index (κ1) is 18.3. The Kier molecular flexibility index (Phi) is 4.95. The predicted octanol–water partition coefficient (Wildman–Crippen LogP) is 2.30. The molecule has 0 aliphatic carbocycles. The lowest BCUT2D eigenvalue weighted by molar-refractivity contribution is -0.142. The van der Waals surface area contributed by atoms with Crippen molar-refractivity contribution in [3.63, 3.8) is 0 Å². The molecule has 2 amide bonds. The molecule has 0 spiro atoms. The van der Waals surface area contributed by atoms with Crippen LogP contribution in [-0.4, -0.2) is 52.0 Å². The second-order valence-corrected chi connectivity index (χ2v) is 6.59. The molecule has 2 aromatic rings. The Morgan fingerprint density at radius 3 is 3.00 bits per heavy atom. The number of rotatable bonds is 4. The third-order valence-corrected chi connectivity index (χ3v) is 4.64. The average Bonchev–Trinajstić information content (AvgIpc) is 2.98. The fraction of sp³-hybridized carbons (Fsp3) is 0.353. The van der Waals surface area contributed by atoms with Crippen LogP contribution in [0.4, 0.5) is 8.78 Å². The van der Waals surface area contributed by atoms with Crippen LogP contribution in [0, 0.1) is 0 Å². The van der Waals surface area contributed by atoms with Gasteiger partial charge in [-0.3, -0.25) is 14.7 Å². The highest BCUT2D eigenvalue weighted by atomic mass is 35.5. The smallest absolute Gasteiger partial charge is 0.271 e. The Morgan fingerprint density at radius 2 is 2.27 bits per heavy atom. The third kappa shape index (κ3) is 3.70. The lowest BCUT2D eigenvalue weighted by atomic mass is 10.00. The number of carbonyl (C=O) groups excluding carboxylic acids is 2. The summed E-state index contributed by atoms with van der Waals surface area (Å²) in [5.41, 5.74) is 1.22. The largest absolute Gasteiger partial charge is 0.342 e. The minimum absolute atomic E-state index is 0.00811. The number of carbonyl (C=O) groups is 2. The molecule has 1 fully saturated rings.